The number of carbonyl (C=O) groups excluding carboxylic acids is 1. The van der Waals surface area contributed by atoms with Crippen LogP contribution in [0.4, 0.5) is 13.2 Å². The second-order valence-corrected chi connectivity index (χ2v) is 9.32. The van der Waals surface area contributed by atoms with Crippen LogP contribution in [0.2, 0.25) is 0 Å². The molecule has 0 unspecified atom stereocenters. The van der Waals surface area contributed by atoms with E-state index in [1.54, 1.807) is 6.07 Å². The Morgan fingerprint density at radius 3 is 2.36 bits per heavy atom. The number of hydrogen-bond donors (Lipinski definition) is 0. The number of fused-ring (bicyclic) bond motifs is 2. The number of carbonyl (C=O) groups is 1. The molecule has 1 saturated heterocycles. The predicted octanol–water partition coefficient (Wildman–Crippen LogP) is 5.17. The summed E-state index contributed by atoms with van der Waals surface area (Å²) in [4.78, 5) is 17.5. The quantitative estimate of drug-likeness (QED) is 0.459. The summed E-state index contributed by atoms with van der Waals surface area (Å²) >= 11 is 1.52. The van der Waals surface area contributed by atoms with Gasteiger partial charge in [0.05, 0.1) is 5.56 Å². The molecule has 8 heteroatoms. The molecule has 33 heavy (non-hydrogen) atoms. The van der Waals surface area contributed by atoms with Crippen molar-refractivity contribution in [2.75, 3.05) is 45.9 Å². The SMILES string of the molecule is CC(=O)OCCN1CCN(CC/C=C2\c3ccccc3Sc3ccc(C(F)(F)F)cc32)CC1. The lowest BCUT2D eigenvalue weighted by Crippen LogP contribution is -2.47. The lowest BCUT2D eigenvalue weighted by atomic mass is 9.94. The van der Waals surface area contributed by atoms with Crippen LogP contribution in [0.25, 0.3) is 5.57 Å². The van der Waals surface area contributed by atoms with Gasteiger partial charge in [-0.25, -0.2) is 0 Å². The summed E-state index contributed by atoms with van der Waals surface area (Å²) in [6, 6.07) is 11.9. The van der Waals surface area contributed by atoms with Crippen molar-refractivity contribution in [1.29, 1.82) is 0 Å². The third-order valence-corrected chi connectivity index (χ3v) is 7.12. The third-order valence-electron chi connectivity index (χ3n) is 5.97. The highest BCUT2D eigenvalue weighted by atomic mass is 32.2. The molecular formula is C25H27F3N2O2S. The maximum Gasteiger partial charge on any atom is 0.416 e. The smallest absolute Gasteiger partial charge is 0.416 e. The summed E-state index contributed by atoms with van der Waals surface area (Å²) in [7, 11) is 0. The highest BCUT2D eigenvalue weighted by Crippen LogP contribution is 2.47. The van der Waals surface area contributed by atoms with Crippen molar-refractivity contribution in [2.24, 2.45) is 0 Å². The number of piperazine rings is 1. The first-order chi connectivity index (χ1) is 15.8. The Morgan fingerprint density at radius 2 is 1.67 bits per heavy atom. The molecule has 0 radical (unpaired) electrons. The Morgan fingerprint density at radius 1 is 1.00 bits per heavy atom. The van der Waals surface area contributed by atoms with Gasteiger partial charge in [0.1, 0.15) is 6.61 Å². The molecule has 0 bridgehead atoms. The molecule has 2 aromatic rings. The van der Waals surface area contributed by atoms with E-state index in [-0.39, 0.29) is 5.97 Å². The van der Waals surface area contributed by atoms with E-state index in [2.05, 4.69) is 15.9 Å². The molecule has 2 aromatic carbocycles. The van der Waals surface area contributed by atoms with Gasteiger partial charge < -0.3 is 9.64 Å². The van der Waals surface area contributed by atoms with Crippen LogP contribution in [0.1, 0.15) is 30.0 Å². The summed E-state index contributed by atoms with van der Waals surface area (Å²) in [5.74, 6) is -0.256. The molecule has 0 N–H and O–H groups in total. The standard InChI is InChI=1S/C25H27F3N2O2S/c1-18(31)32-16-15-30-13-11-29(12-14-30)10-4-6-20-21-5-2-3-7-23(21)33-24-9-8-19(17-22(20)24)25(26,27)28/h2-3,5-9,17H,4,10-16H2,1H3/b20-6+. The van der Waals surface area contributed by atoms with Crippen LogP contribution in [0.3, 0.4) is 0 Å². The highest BCUT2D eigenvalue weighted by molar-refractivity contribution is 7.99. The van der Waals surface area contributed by atoms with E-state index in [0.717, 1.165) is 66.6 Å². The van der Waals surface area contributed by atoms with E-state index < -0.39 is 11.7 Å². The second-order valence-electron chi connectivity index (χ2n) is 8.24. The van der Waals surface area contributed by atoms with Gasteiger partial charge in [0.25, 0.3) is 0 Å². The fraction of sp³-hybridized carbons (Fsp3) is 0.400. The van der Waals surface area contributed by atoms with Crippen molar-refractivity contribution in [3.05, 3.63) is 65.2 Å². The highest BCUT2D eigenvalue weighted by Gasteiger charge is 2.32. The van der Waals surface area contributed by atoms with Crippen molar-refractivity contribution in [3.8, 4) is 0 Å². The number of esters is 1. The summed E-state index contributed by atoms with van der Waals surface area (Å²) in [5, 5.41) is 0. The molecule has 4 rings (SSSR count). The molecule has 2 aliphatic heterocycles. The van der Waals surface area contributed by atoms with Crippen molar-refractivity contribution in [1.82, 2.24) is 9.80 Å². The van der Waals surface area contributed by atoms with Crippen molar-refractivity contribution >= 4 is 23.3 Å². The van der Waals surface area contributed by atoms with Gasteiger partial charge in [-0.1, -0.05) is 36.0 Å². The Bertz CT molecular complexity index is 1030. The van der Waals surface area contributed by atoms with Gasteiger partial charge in [0.15, 0.2) is 0 Å². The predicted molar refractivity (Wildman–Crippen MR) is 123 cm³/mol. The van der Waals surface area contributed by atoms with E-state index in [1.165, 1.54) is 30.8 Å². The topological polar surface area (TPSA) is 32.8 Å². The molecule has 2 heterocycles. The summed E-state index contributed by atoms with van der Waals surface area (Å²) < 4.78 is 45.1. The normalized spacial score (nSPS) is 18.1. The molecule has 0 saturated carbocycles. The van der Waals surface area contributed by atoms with Crippen LogP contribution in [0.15, 0.2) is 58.3 Å². The molecule has 2 aliphatic rings. The fourth-order valence-corrected chi connectivity index (χ4v) is 5.30. The van der Waals surface area contributed by atoms with Crippen LogP contribution in [0.5, 0.6) is 0 Å². The Labute approximate surface area is 196 Å². The fourth-order valence-electron chi connectivity index (χ4n) is 4.21. The lowest BCUT2D eigenvalue weighted by Gasteiger charge is -2.34. The van der Waals surface area contributed by atoms with Crippen molar-refractivity contribution < 1.29 is 22.7 Å². The molecular weight excluding hydrogens is 449 g/mol. The van der Waals surface area contributed by atoms with E-state index in [9.17, 15) is 18.0 Å². The molecule has 4 nitrogen and oxygen atoms in total. The summed E-state index contributed by atoms with van der Waals surface area (Å²) in [6.07, 6.45) is -1.51. The first kappa shape index (κ1) is 23.9. The average Bonchev–Trinajstić information content (AvgIpc) is 2.78. The van der Waals surface area contributed by atoms with E-state index in [4.69, 9.17) is 4.74 Å². The van der Waals surface area contributed by atoms with Crippen LogP contribution in [-0.2, 0) is 15.7 Å². The molecule has 0 spiro atoms. The number of ether oxygens (including phenoxy) is 1. The molecule has 0 aliphatic carbocycles. The molecule has 0 atom stereocenters. The van der Waals surface area contributed by atoms with E-state index in [1.807, 2.05) is 24.3 Å². The monoisotopic (exact) mass is 476 g/mol. The minimum absolute atomic E-state index is 0.256. The minimum Gasteiger partial charge on any atom is -0.465 e. The largest absolute Gasteiger partial charge is 0.465 e. The number of hydrogen-bond acceptors (Lipinski definition) is 5. The van der Waals surface area contributed by atoms with Crippen LogP contribution in [0, 0.1) is 0 Å². The van der Waals surface area contributed by atoms with Crippen LogP contribution >= 0.6 is 11.8 Å². The van der Waals surface area contributed by atoms with Crippen LogP contribution < -0.4 is 0 Å². The minimum atomic E-state index is -4.36. The first-order valence-electron chi connectivity index (χ1n) is 11.1. The lowest BCUT2D eigenvalue weighted by molar-refractivity contribution is -0.141. The van der Waals surface area contributed by atoms with Crippen molar-refractivity contribution in [3.63, 3.8) is 0 Å². The molecule has 0 amide bonds. The summed E-state index contributed by atoms with van der Waals surface area (Å²) in [6.45, 7) is 7.09. The second kappa shape index (κ2) is 10.3. The Hall–Kier alpha value is -2.29. The van der Waals surface area contributed by atoms with Gasteiger partial charge in [0, 0.05) is 56.0 Å². The van der Waals surface area contributed by atoms with Gasteiger partial charge >= 0.3 is 12.1 Å². The van der Waals surface area contributed by atoms with Gasteiger partial charge in [0.2, 0.25) is 0 Å². The summed E-state index contributed by atoms with van der Waals surface area (Å²) in [5.41, 5.74) is 1.91. The third kappa shape index (κ3) is 5.99. The number of benzene rings is 2. The molecule has 1 fully saturated rings. The maximum absolute atomic E-state index is 13.4. The van der Waals surface area contributed by atoms with Crippen molar-refractivity contribution in [2.45, 2.75) is 29.3 Å². The van der Waals surface area contributed by atoms with Gasteiger partial charge in [-0.15, -0.1) is 0 Å². The van der Waals surface area contributed by atoms with E-state index in [0.29, 0.717) is 12.2 Å². The zero-order chi connectivity index (χ0) is 23.4. The van der Waals surface area contributed by atoms with Gasteiger partial charge in [-0.2, -0.15) is 13.2 Å². The first-order valence-corrected chi connectivity index (χ1v) is 11.9. The Balaban J connectivity index is 1.43. The number of rotatable bonds is 6. The number of halogens is 3. The average molecular weight is 477 g/mol. The van der Waals surface area contributed by atoms with Gasteiger partial charge in [-0.05, 0) is 47.4 Å². The number of nitrogens with zero attached hydrogens (tertiary/aromatic N) is 2. The molecule has 176 valence electrons. The maximum atomic E-state index is 13.4. The van der Waals surface area contributed by atoms with Crippen LogP contribution in [-0.4, -0.2) is 61.6 Å². The zero-order valence-corrected chi connectivity index (χ0v) is 19.3. The van der Waals surface area contributed by atoms with Gasteiger partial charge in [-0.3, -0.25) is 9.69 Å². The zero-order valence-electron chi connectivity index (χ0n) is 18.5. The molecule has 0 aromatic heterocycles. The van der Waals surface area contributed by atoms with E-state index >= 15 is 0 Å². The number of alkyl halides is 3. The Kier molecular flexibility index (Phi) is 7.46.